The molecule has 6 heteroatoms. The van der Waals surface area contributed by atoms with E-state index in [0.717, 1.165) is 27.1 Å². The number of thioether (sulfide) groups is 1. The number of carbonyl (C=O) groups excluding carboxylic acids is 1. The lowest BCUT2D eigenvalue weighted by Crippen LogP contribution is -2.19. The minimum absolute atomic E-state index is 0.173. The van der Waals surface area contributed by atoms with Crippen LogP contribution in [-0.2, 0) is 4.79 Å². The molecule has 0 atom stereocenters. The molecular formula is C18H16N4OS. The van der Waals surface area contributed by atoms with Gasteiger partial charge in [0.1, 0.15) is 0 Å². The largest absolute Gasteiger partial charge is 0.272 e. The second kappa shape index (κ2) is 7.70. The summed E-state index contributed by atoms with van der Waals surface area (Å²) in [4.78, 5) is 20.4. The SMILES string of the molecule is Cc1cc(SCC(=O)N/N=C\c2cccnc2)nc2ccccc12. The van der Waals surface area contributed by atoms with Crippen molar-refractivity contribution in [2.75, 3.05) is 5.75 Å². The summed E-state index contributed by atoms with van der Waals surface area (Å²) in [5.41, 5.74) is 5.43. The summed E-state index contributed by atoms with van der Waals surface area (Å²) in [6.07, 6.45) is 4.92. The summed E-state index contributed by atoms with van der Waals surface area (Å²) in [6.45, 7) is 2.05. The van der Waals surface area contributed by atoms with Crippen LogP contribution in [0.25, 0.3) is 10.9 Å². The van der Waals surface area contributed by atoms with Gasteiger partial charge in [-0.2, -0.15) is 5.10 Å². The van der Waals surface area contributed by atoms with Crippen LogP contribution < -0.4 is 5.43 Å². The van der Waals surface area contributed by atoms with Crippen molar-refractivity contribution < 1.29 is 4.79 Å². The third-order valence-corrected chi connectivity index (χ3v) is 4.25. The van der Waals surface area contributed by atoms with E-state index in [-0.39, 0.29) is 11.7 Å². The predicted molar refractivity (Wildman–Crippen MR) is 97.2 cm³/mol. The Kier molecular flexibility index (Phi) is 5.18. The third kappa shape index (κ3) is 4.17. The average Bonchev–Trinajstić information content (AvgIpc) is 2.61. The molecule has 0 fully saturated rings. The number of rotatable bonds is 5. The maximum absolute atomic E-state index is 11.9. The number of fused-ring (bicyclic) bond motifs is 1. The van der Waals surface area contributed by atoms with Crippen LogP contribution in [0.15, 0.2) is 65.0 Å². The Morgan fingerprint density at radius 3 is 3.00 bits per heavy atom. The fourth-order valence-corrected chi connectivity index (χ4v) is 2.96. The van der Waals surface area contributed by atoms with E-state index in [0.29, 0.717) is 0 Å². The van der Waals surface area contributed by atoms with E-state index in [1.807, 2.05) is 49.4 Å². The van der Waals surface area contributed by atoms with Gasteiger partial charge in [-0.3, -0.25) is 9.78 Å². The standard InChI is InChI=1S/C18H16N4OS/c1-13-9-18(21-16-7-3-2-6-15(13)16)24-12-17(23)22-20-11-14-5-4-8-19-10-14/h2-11H,12H2,1H3,(H,22,23)/b20-11-. The summed E-state index contributed by atoms with van der Waals surface area (Å²) >= 11 is 1.39. The molecule has 3 rings (SSSR count). The van der Waals surface area contributed by atoms with Crippen LogP contribution in [0, 0.1) is 6.92 Å². The number of benzene rings is 1. The number of hydrogen-bond donors (Lipinski definition) is 1. The van der Waals surface area contributed by atoms with E-state index < -0.39 is 0 Å². The Bertz CT molecular complexity index is 881. The van der Waals surface area contributed by atoms with Gasteiger partial charge in [0.05, 0.1) is 22.5 Å². The molecule has 0 spiro atoms. The smallest absolute Gasteiger partial charge is 0.250 e. The number of pyridine rings is 2. The molecule has 0 saturated heterocycles. The second-order valence-electron chi connectivity index (χ2n) is 5.16. The number of hydrazone groups is 1. The number of hydrogen-bond acceptors (Lipinski definition) is 5. The molecule has 0 aliphatic carbocycles. The summed E-state index contributed by atoms with van der Waals surface area (Å²) < 4.78 is 0. The molecule has 0 unspecified atom stereocenters. The van der Waals surface area contributed by atoms with E-state index in [4.69, 9.17) is 0 Å². The molecule has 0 saturated carbocycles. The van der Waals surface area contributed by atoms with Crippen LogP contribution in [0.3, 0.4) is 0 Å². The van der Waals surface area contributed by atoms with E-state index in [1.165, 1.54) is 11.8 Å². The Hall–Kier alpha value is -2.73. The van der Waals surface area contributed by atoms with Gasteiger partial charge in [-0.25, -0.2) is 10.4 Å². The highest BCUT2D eigenvalue weighted by Gasteiger charge is 2.06. The van der Waals surface area contributed by atoms with Gasteiger partial charge in [-0.1, -0.05) is 36.0 Å². The molecule has 1 amide bonds. The summed E-state index contributed by atoms with van der Waals surface area (Å²) in [7, 11) is 0. The van der Waals surface area contributed by atoms with Crippen molar-refractivity contribution >= 4 is 34.8 Å². The molecule has 1 aromatic carbocycles. The zero-order valence-electron chi connectivity index (χ0n) is 13.1. The number of amides is 1. The highest BCUT2D eigenvalue weighted by atomic mass is 32.2. The molecule has 2 heterocycles. The zero-order chi connectivity index (χ0) is 16.8. The van der Waals surface area contributed by atoms with E-state index >= 15 is 0 Å². The maximum Gasteiger partial charge on any atom is 0.250 e. The van der Waals surface area contributed by atoms with Crippen molar-refractivity contribution in [3.8, 4) is 0 Å². The van der Waals surface area contributed by atoms with E-state index in [9.17, 15) is 4.79 Å². The first-order chi connectivity index (χ1) is 11.7. The maximum atomic E-state index is 11.9. The monoisotopic (exact) mass is 336 g/mol. The quantitative estimate of drug-likeness (QED) is 0.441. The van der Waals surface area contributed by atoms with Crippen LogP contribution >= 0.6 is 11.8 Å². The van der Waals surface area contributed by atoms with Crippen molar-refractivity contribution in [1.29, 1.82) is 0 Å². The molecule has 5 nitrogen and oxygen atoms in total. The summed E-state index contributed by atoms with van der Waals surface area (Å²) in [6, 6.07) is 13.7. The Morgan fingerprint density at radius 2 is 2.17 bits per heavy atom. The number of nitrogens with one attached hydrogen (secondary N) is 1. The van der Waals surface area contributed by atoms with Crippen molar-refractivity contribution in [2.45, 2.75) is 11.9 Å². The molecule has 0 radical (unpaired) electrons. The Labute approximate surface area is 144 Å². The van der Waals surface area contributed by atoms with Crippen LogP contribution in [0.4, 0.5) is 0 Å². The van der Waals surface area contributed by atoms with Crippen molar-refractivity contribution in [1.82, 2.24) is 15.4 Å². The average molecular weight is 336 g/mol. The number of aromatic nitrogens is 2. The highest BCUT2D eigenvalue weighted by molar-refractivity contribution is 7.99. The third-order valence-electron chi connectivity index (χ3n) is 3.34. The first kappa shape index (κ1) is 16.1. The molecule has 1 N–H and O–H groups in total. The fraction of sp³-hybridized carbons (Fsp3) is 0.111. The van der Waals surface area contributed by atoms with Gasteiger partial charge in [0.15, 0.2) is 0 Å². The molecule has 0 bridgehead atoms. The molecular weight excluding hydrogens is 320 g/mol. The minimum Gasteiger partial charge on any atom is -0.272 e. The van der Waals surface area contributed by atoms with Gasteiger partial charge in [-0.15, -0.1) is 0 Å². The first-order valence-electron chi connectivity index (χ1n) is 7.43. The molecule has 2 aromatic heterocycles. The zero-order valence-corrected chi connectivity index (χ0v) is 14.0. The van der Waals surface area contributed by atoms with Gasteiger partial charge in [0.2, 0.25) is 5.91 Å². The lowest BCUT2D eigenvalue weighted by Gasteiger charge is -2.05. The van der Waals surface area contributed by atoms with Crippen LogP contribution in [0.1, 0.15) is 11.1 Å². The van der Waals surface area contributed by atoms with Crippen molar-refractivity contribution in [3.63, 3.8) is 0 Å². The molecule has 0 aliphatic heterocycles. The van der Waals surface area contributed by atoms with Gasteiger partial charge >= 0.3 is 0 Å². The second-order valence-corrected chi connectivity index (χ2v) is 6.16. The van der Waals surface area contributed by atoms with Crippen LogP contribution in [-0.4, -0.2) is 27.8 Å². The topological polar surface area (TPSA) is 67.2 Å². The molecule has 120 valence electrons. The molecule has 24 heavy (non-hydrogen) atoms. The summed E-state index contributed by atoms with van der Waals surface area (Å²) in [5, 5.41) is 5.89. The van der Waals surface area contributed by atoms with Gasteiger partial charge < -0.3 is 0 Å². The summed E-state index contributed by atoms with van der Waals surface area (Å²) in [5.74, 6) is 0.0857. The Balaban J connectivity index is 1.57. The normalized spacial score (nSPS) is 11.0. The van der Waals surface area contributed by atoms with Crippen molar-refractivity contribution in [3.05, 3.63) is 66.0 Å². The molecule has 0 aliphatic rings. The Morgan fingerprint density at radius 1 is 1.29 bits per heavy atom. The van der Waals surface area contributed by atoms with Crippen LogP contribution in [0.5, 0.6) is 0 Å². The van der Waals surface area contributed by atoms with Crippen molar-refractivity contribution in [2.24, 2.45) is 5.10 Å². The first-order valence-corrected chi connectivity index (χ1v) is 8.42. The lowest BCUT2D eigenvalue weighted by molar-refractivity contribution is -0.118. The van der Waals surface area contributed by atoms with Crippen LogP contribution in [0.2, 0.25) is 0 Å². The predicted octanol–water partition coefficient (Wildman–Crippen LogP) is 3.18. The number of nitrogens with zero attached hydrogens (tertiary/aromatic N) is 3. The highest BCUT2D eigenvalue weighted by Crippen LogP contribution is 2.23. The van der Waals surface area contributed by atoms with E-state index in [2.05, 4.69) is 20.5 Å². The van der Waals surface area contributed by atoms with Gasteiger partial charge in [0, 0.05) is 23.3 Å². The number of aryl methyl sites for hydroxylation is 1. The van der Waals surface area contributed by atoms with Gasteiger partial charge in [-0.05, 0) is 30.7 Å². The molecule has 3 aromatic rings. The fourth-order valence-electron chi connectivity index (χ4n) is 2.20. The number of para-hydroxylation sites is 1. The number of carbonyl (C=O) groups is 1. The van der Waals surface area contributed by atoms with E-state index in [1.54, 1.807) is 18.6 Å². The van der Waals surface area contributed by atoms with Gasteiger partial charge in [0.25, 0.3) is 0 Å². The lowest BCUT2D eigenvalue weighted by atomic mass is 10.1. The minimum atomic E-state index is -0.173.